The maximum atomic E-state index is 12.5. The first-order chi connectivity index (χ1) is 11.0. The molecule has 0 aliphatic rings. The van der Waals surface area contributed by atoms with Gasteiger partial charge in [0, 0.05) is 5.69 Å². The molecular weight excluding hydrogens is 311 g/mol. The third kappa shape index (κ3) is 3.84. The van der Waals surface area contributed by atoms with Gasteiger partial charge in [0.05, 0.1) is 31.0 Å². The first kappa shape index (κ1) is 15.0. The fourth-order valence-corrected chi connectivity index (χ4v) is 1.93. The summed E-state index contributed by atoms with van der Waals surface area (Å²) in [6.45, 7) is 0.786. The Morgan fingerprint density at radius 1 is 1.13 bits per heavy atom. The lowest BCUT2D eigenvalue weighted by molar-refractivity contribution is -0.137. The van der Waals surface area contributed by atoms with Gasteiger partial charge in [-0.25, -0.2) is 4.68 Å². The van der Waals surface area contributed by atoms with Gasteiger partial charge in [-0.2, -0.15) is 28.6 Å². The van der Waals surface area contributed by atoms with E-state index in [1.807, 2.05) is 0 Å². The van der Waals surface area contributed by atoms with Gasteiger partial charge < -0.3 is 5.32 Å². The Balaban J connectivity index is 1.57. The number of anilines is 1. The number of H-pyrrole nitrogens is 1. The SMILES string of the molecule is FC(F)(F)c1ccc(NCc2cn(Cc3cn[nH]n3)nn2)cc1. The Hall–Kier alpha value is -2.91. The Bertz CT molecular complexity index is 747. The molecule has 2 aromatic heterocycles. The summed E-state index contributed by atoms with van der Waals surface area (Å²) < 4.78 is 39.0. The van der Waals surface area contributed by atoms with Crippen molar-refractivity contribution in [2.24, 2.45) is 0 Å². The van der Waals surface area contributed by atoms with Crippen molar-refractivity contribution in [1.29, 1.82) is 0 Å². The Labute approximate surface area is 128 Å². The molecular formula is C13H12F3N7. The van der Waals surface area contributed by atoms with Gasteiger partial charge in [0.2, 0.25) is 0 Å². The highest BCUT2D eigenvalue weighted by Gasteiger charge is 2.29. The number of rotatable bonds is 5. The van der Waals surface area contributed by atoms with E-state index in [4.69, 9.17) is 0 Å². The minimum Gasteiger partial charge on any atom is -0.379 e. The van der Waals surface area contributed by atoms with Crippen LogP contribution in [0.2, 0.25) is 0 Å². The maximum absolute atomic E-state index is 12.5. The van der Waals surface area contributed by atoms with Gasteiger partial charge in [0.25, 0.3) is 0 Å². The van der Waals surface area contributed by atoms with E-state index in [2.05, 4.69) is 31.0 Å². The molecule has 3 aromatic rings. The van der Waals surface area contributed by atoms with E-state index in [-0.39, 0.29) is 0 Å². The Morgan fingerprint density at radius 2 is 1.91 bits per heavy atom. The number of alkyl halides is 3. The molecule has 7 nitrogen and oxygen atoms in total. The summed E-state index contributed by atoms with van der Waals surface area (Å²) in [6, 6.07) is 4.82. The third-order valence-corrected chi connectivity index (χ3v) is 3.06. The van der Waals surface area contributed by atoms with E-state index < -0.39 is 11.7 Å². The average Bonchev–Trinajstić information content (AvgIpc) is 3.17. The predicted molar refractivity (Wildman–Crippen MR) is 74.3 cm³/mol. The lowest BCUT2D eigenvalue weighted by Crippen LogP contribution is -2.05. The molecule has 2 heterocycles. The number of benzene rings is 1. The quantitative estimate of drug-likeness (QED) is 0.751. The number of hydrogen-bond acceptors (Lipinski definition) is 5. The van der Waals surface area contributed by atoms with Crippen LogP contribution in [0.3, 0.4) is 0 Å². The molecule has 2 N–H and O–H groups in total. The van der Waals surface area contributed by atoms with Crippen LogP contribution in [-0.4, -0.2) is 30.4 Å². The van der Waals surface area contributed by atoms with Crippen molar-refractivity contribution in [2.75, 3.05) is 5.32 Å². The summed E-state index contributed by atoms with van der Waals surface area (Å²) in [4.78, 5) is 0. The van der Waals surface area contributed by atoms with Gasteiger partial charge in [-0.1, -0.05) is 5.21 Å². The van der Waals surface area contributed by atoms with E-state index >= 15 is 0 Å². The van der Waals surface area contributed by atoms with Crippen LogP contribution in [0.1, 0.15) is 17.0 Å². The lowest BCUT2D eigenvalue weighted by atomic mass is 10.2. The molecule has 0 saturated carbocycles. The molecule has 3 rings (SSSR count). The molecule has 120 valence electrons. The number of nitrogens with one attached hydrogen (secondary N) is 2. The second-order valence-electron chi connectivity index (χ2n) is 4.80. The smallest absolute Gasteiger partial charge is 0.379 e. The van der Waals surface area contributed by atoms with Gasteiger partial charge in [-0.05, 0) is 24.3 Å². The van der Waals surface area contributed by atoms with Crippen molar-refractivity contribution in [1.82, 2.24) is 30.4 Å². The molecule has 0 unspecified atom stereocenters. The Morgan fingerprint density at radius 3 is 2.57 bits per heavy atom. The van der Waals surface area contributed by atoms with Gasteiger partial charge in [0.1, 0.15) is 11.4 Å². The molecule has 10 heteroatoms. The summed E-state index contributed by atoms with van der Waals surface area (Å²) in [5, 5.41) is 21.0. The number of aromatic amines is 1. The van der Waals surface area contributed by atoms with Crippen molar-refractivity contribution >= 4 is 5.69 Å². The third-order valence-electron chi connectivity index (χ3n) is 3.06. The molecule has 1 aromatic carbocycles. The molecule has 23 heavy (non-hydrogen) atoms. The lowest BCUT2D eigenvalue weighted by Gasteiger charge is -2.08. The molecule has 0 aliphatic heterocycles. The van der Waals surface area contributed by atoms with E-state index in [1.165, 1.54) is 12.1 Å². The first-order valence-corrected chi connectivity index (χ1v) is 6.65. The van der Waals surface area contributed by atoms with E-state index in [1.54, 1.807) is 17.1 Å². The van der Waals surface area contributed by atoms with Gasteiger partial charge in [-0.3, -0.25) is 0 Å². The van der Waals surface area contributed by atoms with Crippen LogP contribution in [-0.2, 0) is 19.3 Å². The minimum atomic E-state index is -4.33. The van der Waals surface area contributed by atoms with Crippen LogP contribution in [0.5, 0.6) is 0 Å². The second kappa shape index (κ2) is 6.07. The zero-order valence-corrected chi connectivity index (χ0v) is 11.7. The standard InChI is InChI=1S/C13H12F3N7/c14-13(15,16)9-1-3-10(4-2-9)17-5-11-7-23(22-20-11)8-12-6-18-21-19-12/h1-4,6-7,17H,5,8H2,(H,18,19,21). The normalized spacial score (nSPS) is 11.6. The van der Waals surface area contributed by atoms with Crippen molar-refractivity contribution < 1.29 is 13.2 Å². The predicted octanol–water partition coefficient (Wildman–Crippen LogP) is 2.08. The molecule has 0 aliphatic carbocycles. The van der Waals surface area contributed by atoms with E-state index in [9.17, 15) is 13.2 Å². The first-order valence-electron chi connectivity index (χ1n) is 6.65. The largest absolute Gasteiger partial charge is 0.416 e. The molecule has 0 atom stereocenters. The van der Waals surface area contributed by atoms with Crippen LogP contribution in [0.4, 0.5) is 18.9 Å². The Kier molecular flexibility index (Phi) is 3.96. The highest BCUT2D eigenvalue weighted by atomic mass is 19.4. The van der Waals surface area contributed by atoms with Gasteiger partial charge in [-0.15, -0.1) is 5.10 Å². The van der Waals surface area contributed by atoms with Crippen LogP contribution >= 0.6 is 0 Å². The molecule has 0 fully saturated rings. The highest BCUT2D eigenvalue weighted by molar-refractivity contribution is 5.45. The van der Waals surface area contributed by atoms with Crippen molar-refractivity contribution in [2.45, 2.75) is 19.3 Å². The summed E-state index contributed by atoms with van der Waals surface area (Å²) in [5.74, 6) is 0. The van der Waals surface area contributed by atoms with Crippen LogP contribution in [0, 0.1) is 0 Å². The summed E-state index contributed by atoms with van der Waals surface area (Å²) in [6.07, 6.45) is -1.02. The minimum absolute atomic E-state index is 0.351. The monoisotopic (exact) mass is 323 g/mol. The molecule has 0 amide bonds. The number of hydrogen-bond donors (Lipinski definition) is 2. The fraction of sp³-hybridized carbons (Fsp3) is 0.231. The van der Waals surface area contributed by atoms with Crippen LogP contribution in [0.25, 0.3) is 0 Å². The van der Waals surface area contributed by atoms with Gasteiger partial charge >= 0.3 is 6.18 Å². The maximum Gasteiger partial charge on any atom is 0.416 e. The molecule has 0 saturated heterocycles. The van der Waals surface area contributed by atoms with Crippen molar-refractivity contribution in [3.63, 3.8) is 0 Å². The number of nitrogens with zero attached hydrogens (tertiary/aromatic N) is 5. The number of aromatic nitrogens is 6. The second-order valence-corrected chi connectivity index (χ2v) is 4.80. The van der Waals surface area contributed by atoms with Crippen molar-refractivity contribution in [3.8, 4) is 0 Å². The van der Waals surface area contributed by atoms with Crippen LogP contribution < -0.4 is 5.32 Å². The number of halogens is 3. The highest BCUT2D eigenvalue weighted by Crippen LogP contribution is 2.29. The summed E-state index contributed by atoms with van der Waals surface area (Å²) in [7, 11) is 0. The summed E-state index contributed by atoms with van der Waals surface area (Å²) >= 11 is 0. The summed E-state index contributed by atoms with van der Waals surface area (Å²) in [5.41, 5.74) is 1.27. The zero-order chi connectivity index (χ0) is 16.3. The van der Waals surface area contributed by atoms with E-state index in [0.29, 0.717) is 24.5 Å². The van der Waals surface area contributed by atoms with Crippen LogP contribution in [0.15, 0.2) is 36.7 Å². The molecule has 0 spiro atoms. The molecule has 0 radical (unpaired) electrons. The van der Waals surface area contributed by atoms with E-state index in [0.717, 1.165) is 17.8 Å². The molecule has 0 bridgehead atoms. The zero-order valence-electron chi connectivity index (χ0n) is 11.7. The fourth-order valence-electron chi connectivity index (χ4n) is 1.93. The average molecular weight is 323 g/mol. The topological polar surface area (TPSA) is 84.3 Å². The van der Waals surface area contributed by atoms with Gasteiger partial charge in [0.15, 0.2) is 0 Å². The van der Waals surface area contributed by atoms with Crippen molar-refractivity contribution in [3.05, 3.63) is 53.6 Å².